The summed E-state index contributed by atoms with van der Waals surface area (Å²) in [6, 6.07) is 0. The fourth-order valence-electron chi connectivity index (χ4n) is 0.678. The van der Waals surface area contributed by atoms with Gasteiger partial charge in [-0.1, -0.05) is 6.92 Å². The van der Waals surface area contributed by atoms with E-state index in [1.165, 1.54) is 0 Å². The molecule has 0 aliphatic heterocycles. The molecule has 0 spiro atoms. The quantitative estimate of drug-likeness (QED) is 0.327. The van der Waals surface area contributed by atoms with Gasteiger partial charge in [0.15, 0.2) is 0 Å². The molecule has 0 rings (SSSR count). The standard InChI is InChI=1S/C4H12NO4P/c1-2-3(4(5)6)10(7,8)9/h3-4,6H,2,5H2,1H3,(H2,7,8,9). The van der Waals surface area contributed by atoms with E-state index in [9.17, 15) is 4.57 Å². The number of rotatable bonds is 3. The van der Waals surface area contributed by atoms with Crippen molar-refractivity contribution in [1.82, 2.24) is 0 Å². The third-order valence-corrected chi connectivity index (χ3v) is 2.78. The van der Waals surface area contributed by atoms with Gasteiger partial charge in [0.2, 0.25) is 0 Å². The van der Waals surface area contributed by atoms with E-state index >= 15 is 0 Å². The molecule has 0 aromatic rings. The fourth-order valence-corrected chi connectivity index (χ4v) is 1.55. The molecule has 5 N–H and O–H groups in total. The largest absolute Gasteiger partial charge is 0.378 e. The third-order valence-electron chi connectivity index (χ3n) is 1.24. The summed E-state index contributed by atoms with van der Waals surface area (Å²) in [7, 11) is -4.21. The van der Waals surface area contributed by atoms with Gasteiger partial charge in [-0.3, -0.25) is 4.57 Å². The van der Waals surface area contributed by atoms with Crippen LogP contribution >= 0.6 is 7.60 Å². The number of hydrogen-bond acceptors (Lipinski definition) is 3. The van der Waals surface area contributed by atoms with E-state index in [0.29, 0.717) is 0 Å². The number of aliphatic hydroxyl groups is 1. The average molecular weight is 169 g/mol. The van der Waals surface area contributed by atoms with Gasteiger partial charge in [0.25, 0.3) is 0 Å². The van der Waals surface area contributed by atoms with Crippen molar-refractivity contribution in [3.8, 4) is 0 Å². The highest BCUT2D eigenvalue weighted by Gasteiger charge is 2.31. The first-order valence-corrected chi connectivity index (χ1v) is 4.56. The third kappa shape index (κ3) is 2.77. The highest BCUT2D eigenvalue weighted by molar-refractivity contribution is 7.52. The van der Waals surface area contributed by atoms with Gasteiger partial charge in [-0.05, 0) is 6.42 Å². The van der Waals surface area contributed by atoms with Gasteiger partial charge in [-0.2, -0.15) is 0 Å². The summed E-state index contributed by atoms with van der Waals surface area (Å²) in [4.78, 5) is 17.0. The first kappa shape index (κ1) is 10.1. The minimum Gasteiger partial charge on any atom is -0.378 e. The van der Waals surface area contributed by atoms with Gasteiger partial charge in [0.1, 0.15) is 6.23 Å². The van der Waals surface area contributed by atoms with Crippen molar-refractivity contribution in [2.24, 2.45) is 5.73 Å². The van der Waals surface area contributed by atoms with E-state index in [1.807, 2.05) is 0 Å². The lowest BCUT2D eigenvalue weighted by Crippen LogP contribution is -2.33. The van der Waals surface area contributed by atoms with Crippen molar-refractivity contribution >= 4 is 7.60 Å². The zero-order valence-corrected chi connectivity index (χ0v) is 6.53. The van der Waals surface area contributed by atoms with Crippen LogP contribution in [0.4, 0.5) is 0 Å². The van der Waals surface area contributed by atoms with Crippen LogP contribution < -0.4 is 5.73 Å². The Balaban J connectivity index is 4.22. The van der Waals surface area contributed by atoms with Crippen LogP contribution in [0.1, 0.15) is 13.3 Å². The van der Waals surface area contributed by atoms with Crippen LogP contribution in [0.2, 0.25) is 0 Å². The van der Waals surface area contributed by atoms with Crippen molar-refractivity contribution in [3.05, 3.63) is 0 Å². The SMILES string of the molecule is CCC(C(N)O)P(=O)(O)O. The Morgan fingerprint density at radius 2 is 2.00 bits per heavy atom. The maximum Gasteiger partial charge on any atom is 0.332 e. The summed E-state index contributed by atoms with van der Waals surface area (Å²) >= 11 is 0. The Bertz CT molecular complexity index is 142. The molecular weight excluding hydrogens is 157 g/mol. The monoisotopic (exact) mass is 169 g/mol. The molecule has 0 heterocycles. The second-order valence-corrected chi connectivity index (χ2v) is 3.90. The molecular formula is C4H12NO4P. The topological polar surface area (TPSA) is 104 Å². The molecule has 0 radical (unpaired) electrons. The molecule has 2 atom stereocenters. The predicted octanol–water partition coefficient (Wildman–Crippen LogP) is -0.780. The molecule has 10 heavy (non-hydrogen) atoms. The number of nitrogens with two attached hydrogens (primary N) is 1. The lowest BCUT2D eigenvalue weighted by molar-refractivity contribution is 0.161. The maximum atomic E-state index is 10.5. The van der Waals surface area contributed by atoms with Gasteiger partial charge in [0, 0.05) is 0 Å². The zero-order chi connectivity index (χ0) is 8.36. The molecule has 2 unspecified atom stereocenters. The minimum absolute atomic E-state index is 0.169. The van der Waals surface area contributed by atoms with Crippen molar-refractivity contribution in [3.63, 3.8) is 0 Å². The van der Waals surface area contributed by atoms with Gasteiger partial charge >= 0.3 is 7.60 Å². The van der Waals surface area contributed by atoms with Gasteiger partial charge in [-0.15, -0.1) is 0 Å². The molecule has 62 valence electrons. The van der Waals surface area contributed by atoms with Crippen LogP contribution in [-0.2, 0) is 4.57 Å². The fraction of sp³-hybridized carbons (Fsp3) is 1.00. The van der Waals surface area contributed by atoms with Crippen molar-refractivity contribution in [2.45, 2.75) is 25.2 Å². The normalized spacial score (nSPS) is 18.5. The van der Waals surface area contributed by atoms with E-state index in [-0.39, 0.29) is 6.42 Å². The Morgan fingerprint density at radius 3 is 2.00 bits per heavy atom. The summed E-state index contributed by atoms with van der Waals surface area (Å²) in [5.41, 5.74) is 3.76. The lowest BCUT2D eigenvalue weighted by atomic mass is 10.3. The van der Waals surface area contributed by atoms with E-state index in [0.717, 1.165) is 0 Å². The Kier molecular flexibility index (Phi) is 3.48. The Hall–Kier alpha value is 0.0700. The first-order valence-electron chi connectivity index (χ1n) is 2.88. The van der Waals surface area contributed by atoms with Crippen LogP contribution in [0, 0.1) is 0 Å². The zero-order valence-electron chi connectivity index (χ0n) is 5.64. The molecule has 5 nitrogen and oxygen atoms in total. The second kappa shape index (κ2) is 3.46. The Morgan fingerprint density at radius 1 is 1.60 bits per heavy atom. The van der Waals surface area contributed by atoms with Crippen molar-refractivity contribution in [2.75, 3.05) is 0 Å². The first-order chi connectivity index (χ1) is 4.39. The molecule has 0 saturated carbocycles. The average Bonchev–Trinajstić information content (AvgIpc) is 1.60. The molecule has 0 bridgehead atoms. The van der Waals surface area contributed by atoms with Crippen molar-refractivity contribution in [1.29, 1.82) is 0 Å². The predicted molar refractivity (Wildman–Crippen MR) is 36.3 cm³/mol. The van der Waals surface area contributed by atoms with Gasteiger partial charge in [0.05, 0.1) is 5.66 Å². The van der Waals surface area contributed by atoms with Crippen LogP contribution in [0.15, 0.2) is 0 Å². The van der Waals surface area contributed by atoms with E-state index in [1.54, 1.807) is 6.92 Å². The summed E-state index contributed by atoms with van der Waals surface area (Å²) in [6.45, 7) is 1.56. The van der Waals surface area contributed by atoms with E-state index in [2.05, 4.69) is 0 Å². The minimum atomic E-state index is -4.21. The second-order valence-electron chi connectivity index (χ2n) is 2.06. The summed E-state index contributed by atoms with van der Waals surface area (Å²) in [5.74, 6) is 0. The van der Waals surface area contributed by atoms with Crippen LogP contribution in [0.5, 0.6) is 0 Å². The summed E-state index contributed by atoms with van der Waals surface area (Å²) in [5, 5.41) is 8.63. The molecule has 0 fully saturated rings. The summed E-state index contributed by atoms with van der Waals surface area (Å²) < 4.78 is 10.5. The molecule has 0 aliphatic rings. The molecule has 0 aromatic carbocycles. The number of hydrogen-bond donors (Lipinski definition) is 4. The molecule has 0 saturated heterocycles. The highest BCUT2D eigenvalue weighted by atomic mass is 31.2. The summed E-state index contributed by atoms with van der Waals surface area (Å²) in [6.07, 6.45) is -1.27. The van der Waals surface area contributed by atoms with Crippen LogP contribution in [0.3, 0.4) is 0 Å². The molecule has 0 amide bonds. The lowest BCUT2D eigenvalue weighted by Gasteiger charge is -2.18. The maximum absolute atomic E-state index is 10.5. The van der Waals surface area contributed by atoms with Crippen molar-refractivity contribution < 1.29 is 19.5 Å². The smallest absolute Gasteiger partial charge is 0.332 e. The van der Waals surface area contributed by atoms with Crippen LogP contribution in [0.25, 0.3) is 0 Å². The van der Waals surface area contributed by atoms with E-state index in [4.69, 9.17) is 20.6 Å². The van der Waals surface area contributed by atoms with Gasteiger partial charge in [-0.25, -0.2) is 0 Å². The molecule has 0 aliphatic carbocycles. The molecule has 6 heteroatoms. The van der Waals surface area contributed by atoms with Crippen LogP contribution in [-0.4, -0.2) is 26.8 Å². The molecule has 0 aromatic heterocycles. The highest BCUT2D eigenvalue weighted by Crippen LogP contribution is 2.43. The Labute approximate surface area is 59.0 Å². The number of aliphatic hydroxyl groups excluding tert-OH is 1. The van der Waals surface area contributed by atoms with E-state index < -0.39 is 19.5 Å². The van der Waals surface area contributed by atoms with Gasteiger partial charge < -0.3 is 20.6 Å².